The molecule has 3 N–H and O–H groups in total. The summed E-state index contributed by atoms with van der Waals surface area (Å²) in [6, 6.07) is 17.2. The lowest BCUT2D eigenvalue weighted by Gasteiger charge is -2.38. The van der Waals surface area contributed by atoms with Gasteiger partial charge >= 0.3 is 17.9 Å². The topological polar surface area (TPSA) is 130 Å². The first kappa shape index (κ1) is 24.0. The van der Waals surface area contributed by atoms with Crippen LogP contribution in [0.25, 0.3) is 0 Å². The maximum absolute atomic E-state index is 12.2. The monoisotopic (exact) mass is 430 g/mol. The van der Waals surface area contributed by atoms with Crippen molar-refractivity contribution in [2.24, 2.45) is 11.3 Å². The highest BCUT2D eigenvalue weighted by atomic mass is 16.5. The largest absolute Gasteiger partial charge is 0.481 e. The molecule has 3 atom stereocenters. The summed E-state index contributed by atoms with van der Waals surface area (Å²) in [6.45, 7) is 0.797. The summed E-state index contributed by atoms with van der Waals surface area (Å²) in [6.07, 6.45) is -2.19. The molecule has 31 heavy (non-hydrogen) atoms. The standard InChI is InChI=1S/C23H26O8/c1-23(18(21(27)28)12-20(25)26,15-30-13-16-8-4-2-5-9-16)19(24)14-31-22(29)17-10-6-3-7-11-17/h2-11,18-19,24H,12-15H2,1H3,(H,25,26)(H,27,28)/t18-,19?,23?/m1/s1. The molecule has 0 spiro atoms. The number of rotatable bonds is 12. The van der Waals surface area contributed by atoms with E-state index < -0.39 is 48.4 Å². The predicted molar refractivity (Wildman–Crippen MR) is 110 cm³/mol. The summed E-state index contributed by atoms with van der Waals surface area (Å²) in [7, 11) is 0. The summed E-state index contributed by atoms with van der Waals surface area (Å²) in [5, 5.41) is 29.6. The van der Waals surface area contributed by atoms with Crippen molar-refractivity contribution in [2.45, 2.75) is 26.1 Å². The molecule has 2 aromatic carbocycles. The number of ether oxygens (including phenoxy) is 2. The average Bonchev–Trinajstić information content (AvgIpc) is 2.76. The number of hydrogen-bond acceptors (Lipinski definition) is 6. The Morgan fingerprint density at radius 2 is 1.55 bits per heavy atom. The summed E-state index contributed by atoms with van der Waals surface area (Å²) in [5.41, 5.74) is -0.423. The highest BCUT2D eigenvalue weighted by molar-refractivity contribution is 5.89. The summed E-state index contributed by atoms with van der Waals surface area (Å²) in [4.78, 5) is 35.3. The molecule has 0 bridgehead atoms. The first-order valence-electron chi connectivity index (χ1n) is 9.70. The van der Waals surface area contributed by atoms with Crippen LogP contribution in [0.4, 0.5) is 0 Å². The van der Waals surface area contributed by atoms with E-state index in [1.54, 1.807) is 30.3 Å². The fraction of sp³-hybridized carbons (Fsp3) is 0.348. The lowest BCUT2D eigenvalue weighted by molar-refractivity contribution is -0.164. The minimum absolute atomic E-state index is 0.145. The number of hydrogen-bond donors (Lipinski definition) is 3. The van der Waals surface area contributed by atoms with Gasteiger partial charge in [-0.1, -0.05) is 55.5 Å². The van der Waals surface area contributed by atoms with Crippen LogP contribution in [-0.4, -0.2) is 52.5 Å². The van der Waals surface area contributed by atoms with Gasteiger partial charge in [0.1, 0.15) is 6.61 Å². The van der Waals surface area contributed by atoms with Gasteiger partial charge in [0.15, 0.2) is 0 Å². The smallest absolute Gasteiger partial charge is 0.338 e. The molecule has 0 heterocycles. The van der Waals surface area contributed by atoms with E-state index in [-0.39, 0.29) is 18.8 Å². The van der Waals surface area contributed by atoms with Gasteiger partial charge in [-0.3, -0.25) is 9.59 Å². The van der Waals surface area contributed by atoms with Gasteiger partial charge in [-0.2, -0.15) is 0 Å². The Bertz CT molecular complexity index is 868. The maximum Gasteiger partial charge on any atom is 0.338 e. The second-order valence-corrected chi connectivity index (χ2v) is 7.45. The third kappa shape index (κ3) is 6.91. The number of carbonyl (C=O) groups excluding carboxylic acids is 1. The van der Waals surface area contributed by atoms with Gasteiger partial charge < -0.3 is 24.8 Å². The number of aliphatic hydroxyl groups is 1. The molecule has 0 fully saturated rings. The van der Waals surface area contributed by atoms with Gasteiger partial charge in [0, 0.05) is 5.41 Å². The number of carboxylic acid groups (broad SMARTS) is 2. The Kier molecular flexibility index (Phi) is 8.72. The fourth-order valence-electron chi connectivity index (χ4n) is 3.17. The number of carbonyl (C=O) groups is 3. The molecule has 0 aromatic heterocycles. The summed E-state index contributed by atoms with van der Waals surface area (Å²) < 4.78 is 10.8. The van der Waals surface area contributed by atoms with Gasteiger partial charge in [0.05, 0.1) is 37.2 Å². The van der Waals surface area contributed by atoms with Crippen LogP contribution in [0, 0.1) is 11.3 Å². The molecule has 0 aliphatic carbocycles. The third-order valence-electron chi connectivity index (χ3n) is 5.14. The number of aliphatic hydroxyl groups excluding tert-OH is 1. The SMILES string of the molecule is CC(COCc1ccccc1)(C(O)COC(=O)c1ccccc1)[C@H](CC(=O)O)C(=O)O. The number of esters is 1. The molecule has 0 saturated heterocycles. The maximum atomic E-state index is 12.2. The minimum atomic E-state index is -1.53. The van der Waals surface area contributed by atoms with Gasteiger partial charge in [-0.05, 0) is 17.7 Å². The van der Waals surface area contributed by atoms with Crippen molar-refractivity contribution >= 4 is 17.9 Å². The molecule has 2 aromatic rings. The third-order valence-corrected chi connectivity index (χ3v) is 5.14. The van der Waals surface area contributed by atoms with Crippen molar-refractivity contribution in [1.82, 2.24) is 0 Å². The van der Waals surface area contributed by atoms with Crippen LogP contribution in [0.5, 0.6) is 0 Å². The first-order valence-corrected chi connectivity index (χ1v) is 9.70. The van der Waals surface area contributed by atoms with E-state index in [4.69, 9.17) is 9.47 Å². The molecular weight excluding hydrogens is 404 g/mol. The van der Waals surface area contributed by atoms with E-state index in [9.17, 15) is 29.7 Å². The van der Waals surface area contributed by atoms with Crippen LogP contribution < -0.4 is 0 Å². The van der Waals surface area contributed by atoms with Crippen LogP contribution in [-0.2, 0) is 25.7 Å². The molecule has 8 nitrogen and oxygen atoms in total. The zero-order valence-corrected chi connectivity index (χ0v) is 17.1. The molecular formula is C23H26O8. The van der Waals surface area contributed by atoms with Crippen LogP contribution >= 0.6 is 0 Å². The highest BCUT2D eigenvalue weighted by Crippen LogP contribution is 2.35. The Labute approximate surface area is 180 Å². The molecule has 0 aliphatic heterocycles. The fourth-order valence-corrected chi connectivity index (χ4v) is 3.17. The zero-order chi connectivity index (χ0) is 22.9. The van der Waals surface area contributed by atoms with E-state index in [0.29, 0.717) is 0 Å². The quantitative estimate of drug-likeness (QED) is 0.438. The van der Waals surface area contributed by atoms with E-state index in [2.05, 4.69) is 0 Å². The second kappa shape index (κ2) is 11.2. The van der Waals surface area contributed by atoms with Crippen LogP contribution in [0.1, 0.15) is 29.3 Å². The number of aliphatic carboxylic acids is 2. The van der Waals surface area contributed by atoms with E-state index in [0.717, 1.165) is 5.56 Å². The van der Waals surface area contributed by atoms with Crippen LogP contribution in [0.15, 0.2) is 60.7 Å². The van der Waals surface area contributed by atoms with Gasteiger partial charge in [0.2, 0.25) is 0 Å². The Balaban J connectivity index is 2.14. The molecule has 2 rings (SSSR count). The number of benzene rings is 2. The molecule has 0 amide bonds. The number of carboxylic acids is 2. The minimum Gasteiger partial charge on any atom is -0.481 e. The van der Waals surface area contributed by atoms with Crippen molar-refractivity contribution in [3.63, 3.8) is 0 Å². The molecule has 166 valence electrons. The highest BCUT2D eigenvalue weighted by Gasteiger charge is 2.46. The van der Waals surface area contributed by atoms with Gasteiger partial charge in [-0.25, -0.2) is 4.79 Å². The Hall–Kier alpha value is -3.23. The normalized spacial score (nSPS) is 14.8. The second-order valence-electron chi connectivity index (χ2n) is 7.45. The van der Waals surface area contributed by atoms with Crippen molar-refractivity contribution in [2.75, 3.05) is 13.2 Å². The zero-order valence-electron chi connectivity index (χ0n) is 17.1. The van der Waals surface area contributed by atoms with Crippen molar-refractivity contribution in [3.05, 3.63) is 71.8 Å². The van der Waals surface area contributed by atoms with Crippen molar-refractivity contribution in [1.29, 1.82) is 0 Å². The van der Waals surface area contributed by atoms with Gasteiger partial charge in [-0.15, -0.1) is 0 Å². The summed E-state index contributed by atoms with van der Waals surface area (Å²) >= 11 is 0. The van der Waals surface area contributed by atoms with Crippen LogP contribution in [0.2, 0.25) is 0 Å². The predicted octanol–water partition coefficient (Wildman–Crippen LogP) is 2.60. The lowest BCUT2D eigenvalue weighted by atomic mass is 9.71. The molecule has 0 saturated carbocycles. The Morgan fingerprint density at radius 1 is 0.968 bits per heavy atom. The molecule has 8 heteroatoms. The van der Waals surface area contributed by atoms with Crippen molar-refractivity contribution < 1.29 is 39.2 Å². The lowest BCUT2D eigenvalue weighted by Crippen LogP contribution is -2.49. The summed E-state index contributed by atoms with van der Waals surface area (Å²) in [5.74, 6) is -4.86. The molecule has 2 unspecified atom stereocenters. The average molecular weight is 430 g/mol. The van der Waals surface area contributed by atoms with Crippen molar-refractivity contribution in [3.8, 4) is 0 Å². The Morgan fingerprint density at radius 3 is 2.10 bits per heavy atom. The first-order chi connectivity index (χ1) is 14.7. The van der Waals surface area contributed by atoms with Crippen LogP contribution in [0.3, 0.4) is 0 Å². The van der Waals surface area contributed by atoms with E-state index in [1.807, 2.05) is 30.3 Å². The molecule has 0 radical (unpaired) electrons. The molecule has 0 aliphatic rings. The van der Waals surface area contributed by atoms with E-state index in [1.165, 1.54) is 6.92 Å². The van der Waals surface area contributed by atoms with E-state index >= 15 is 0 Å². The van der Waals surface area contributed by atoms with Gasteiger partial charge in [0.25, 0.3) is 0 Å².